The number of urea groups is 1. The van der Waals surface area contributed by atoms with E-state index in [0.29, 0.717) is 10.9 Å². The van der Waals surface area contributed by atoms with Gasteiger partial charge in [0.2, 0.25) is 11.1 Å². The van der Waals surface area contributed by atoms with Crippen LogP contribution in [0.15, 0.2) is 11.2 Å². The highest BCUT2D eigenvalue weighted by Crippen LogP contribution is 2.20. The summed E-state index contributed by atoms with van der Waals surface area (Å²) in [6.07, 6.45) is 0. The summed E-state index contributed by atoms with van der Waals surface area (Å²) in [5.41, 5.74) is 6.65. The molecule has 8 nitrogen and oxygen atoms in total. The molecule has 0 spiro atoms. The summed E-state index contributed by atoms with van der Waals surface area (Å²) in [5.74, 6) is -0.00488. The third kappa shape index (κ3) is 3.05. The zero-order valence-corrected chi connectivity index (χ0v) is 12.1. The molecule has 2 heterocycles. The summed E-state index contributed by atoms with van der Waals surface area (Å²) in [7, 11) is 0. The Bertz CT molecular complexity index is 683. The van der Waals surface area contributed by atoms with Gasteiger partial charge in [-0.3, -0.25) is 10.1 Å². The summed E-state index contributed by atoms with van der Waals surface area (Å²) in [6, 6.07) is 1.01. The average Bonchev–Trinajstić information content (AvgIpc) is 2.70. The second kappa shape index (κ2) is 5.45. The molecule has 1 atom stereocenters. The number of aryl methyl sites for hydroxylation is 2. The lowest BCUT2D eigenvalue weighted by atomic mass is 10.4. The first-order chi connectivity index (χ1) is 9.36. The number of carbonyl (C=O) groups is 2. The maximum absolute atomic E-state index is 11.6. The van der Waals surface area contributed by atoms with Gasteiger partial charge in [-0.05, 0) is 26.8 Å². The van der Waals surface area contributed by atoms with Crippen molar-refractivity contribution in [3.8, 4) is 0 Å². The van der Waals surface area contributed by atoms with Crippen molar-refractivity contribution < 1.29 is 9.59 Å². The molecule has 0 bridgehead atoms. The van der Waals surface area contributed by atoms with Crippen LogP contribution < -0.4 is 11.1 Å². The number of carbonyl (C=O) groups excluding carboxylic acids is 2. The van der Waals surface area contributed by atoms with Crippen molar-refractivity contribution in [2.45, 2.75) is 31.2 Å². The van der Waals surface area contributed by atoms with Gasteiger partial charge in [0.25, 0.3) is 5.78 Å². The van der Waals surface area contributed by atoms with E-state index in [2.05, 4.69) is 15.1 Å². The summed E-state index contributed by atoms with van der Waals surface area (Å²) in [4.78, 5) is 30.7. The van der Waals surface area contributed by atoms with Gasteiger partial charge in [-0.15, -0.1) is 5.10 Å². The molecule has 2 aromatic rings. The Hall–Kier alpha value is -2.16. The van der Waals surface area contributed by atoms with Gasteiger partial charge in [-0.25, -0.2) is 14.3 Å². The molecule has 3 N–H and O–H groups in total. The van der Waals surface area contributed by atoms with Gasteiger partial charge in [-0.2, -0.15) is 4.98 Å². The van der Waals surface area contributed by atoms with Crippen LogP contribution in [-0.4, -0.2) is 36.8 Å². The van der Waals surface area contributed by atoms with E-state index in [4.69, 9.17) is 5.73 Å². The molecular weight excluding hydrogens is 280 g/mol. The molecule has 0 radical (unpaired) electrons. The highest BCUT2D eigenvalue weighted by Gasteiger charge is 2.19. The summed E-state index contributed by atoms with van der Waals surface area (Å²) < 4.78 is 1.61. The highest BCUT2D eigenvalue weighted by molar-refractivity contribution is 8.00. The number of rotatable bonds is 3. The highest BCUT2D eigenvalue weighted by atomic mass is 32.2. The molecule has 106 valence electrons. The van der Waals surface area contributed by atoms with E-state index < -0.39 is 17.2 Å². The molecular formula is C11H14N6O2S. The number of hydrogen-bond donors (Lipinski definition) is 2. The Morgan fingerprint density at radius 1 is 1.40 bits per heavy atom. The van der Waals surface area contributed by atoms with E-state index in [1.807, 2.05) is 25.2 Å². The average molecular weight is 294 g/mol. The van der Waals surface area contributed by atoms with Crippen molar-refractivity contribution >= 4 is 29.5 Å². The Kier molecular flexibility index (Phi) is 3.89. The normalized spacial score (nSPS) is 12.3. The first-order valence-electron chi connectivity index (χ1n) is 5.85. The number of nitrogens with two attached hydrogens (primary N) is 1. The van der Waals surface area contributed by atoms with Crippen molar-refractivity contribution in [3.63, 3.8) is 0 Å². The van der Waals surface area contributed by atoms with Crippen LogP contribution in [0.3, 0.4) is 0 Å². The number of fused-ring (bicyclic) bond motifs is 1. The molecule has 0 saturated carbocycles. The molecule has 0 aromatic carbocycles. The number of imide groups is 1. The zero-order chi connectivity index (χ0) is 14.9. The van der Waals surface area contributed by atoms with Crippen molar-refractivity contribution in [2.75, 3.05) is 0 Å². The monoisotopic (exact) mass is 294 g/mol. The molecule has 20 heavy (non-hydrogen) atoms. The van der Waals surface area contributed by atoms with E-state index >= 15 is 0 Å². The molecule has 0 fully saturated rings. The summed E-state index contributed by atoms with van der Waals surface area (Å²) >= 11 is 1.13. The fourth-order valence-electron chi connectivity index (χ4n) is 1.63. The Morgan fingerprint density at radius 2 is 2.10 bits per heavy atom. The minimum absolute atomic E-state index is 0.415. The van der Waals surface area contributed by atoms with Gasteiger partial charge < -0.3 is 5.73 Å². The van der Waals surface area contributed by atoms with Crippen molar-refractivity contribution in [1.29, 1.82) is 0 Å². The molecule has 2 rings (SSSR count). The zero-order valence-electron chi connectivity index (χ0n) is 11.2. The van der Waals surface area contributed by atoms with Gasteiger partial charge in [0.1, 0.15) is 0 Å². The first kappa shape index (κ1) is 14.3. The standard InChI is InChI=1S/C11H14N6O2S/c1-5-4-6(2)17-10(13-5)15-11(16-17)20-7(3)8(18)14-9(12)19/h4,7H,1-3H3,(H3,12,14,18,19)/t7-/m0/s1. The number of primary amides is 1. The third-order valence-corrected chi connectivity index (χ3v) is 3.45. The number of hydrogen-bond acceptors (Lipinski definition) is 6. The molecule has 0 unspecified atom stereocenters. The Morgan fingerprint density at radius 3 is 2.75 bits per heavy atom. The van der Waals surface area contributed by atoms with Crippen LogP contribution in [0.1, 0.15) is 18.3 Å². The number of nitrogens with zero attached hydrogens (tertiary/aromatic N) is 4. The van der Waals surface area contributed by atoms with Crippen LogP contribution in [0.25, 0.3) is 5.78 Å². The van der Waals surface area contributed by atoms with Gasteiger partial charge in [-0.1, -0.05) is 11.8 Å². The Labute approximate surface area is 119 Å². The number of nitrogens with one attached hydrogen (secondary N) is 1. The molecule has 0 saturated heterocycles. The van der Waals surface area contributed by atoms with Crippen LogP contribution in [0.5, 0.6) is 0 Å². The van der Waals surface area contributed by atoms with Crippen molar-refractivity contribution in [3.05, 3.63) is 17.5 Å². The fraction of sp³-hybridized carbons (Fsp3) is 0.364. The van der Waals surface area contributed by atoms with E-state index in [1.54, 1.807) is 11.4 Å². The van der Waals surface area contributed by atoms with Crippen molar-refractivity contribution in [1.82, 2.24) is 24.9 Å². The molecule has 2 aromatic heterocycles. The van der Waals surface area contributed by atoms with E-state index in [-0.39, 0.29) is 0 Å². The first-order valence-corrected chi connectivity index (χ1v) is 6.73. The van der Waals surface area contributed by atoms with Crippen LogP contribution >= 0.6 is 11.8 Å². The van der Waals surface area contributed by atoms with Crippen LogP contribution in [-0.2, 0) is 4.79 Å². The van der Waals surface area contributed by atoms with Gasteiger partial charge >= 0.3 is 6.03 Å². The largest absolute Gasteiger partial charge is 0.351 e. The quantitative estimate of drug-likeness (QED) is 0.792. The van der Waals surface area contributed by atoms with E-state index in [9.17, 15) is 9.59 Å². The van der Waals surface area contributed by atoms with Gasteiger partial charge in [0.05, 0.1) is 5.25 Å². The van der Waals surface area contributed by atoms with Crippen molar-refractivity contribution in [2.24, 2.45) is 5.73 Å². The number of amides is 3. The minimum Gasteiger partial charge on any atom is -0.351 e. The second-order valence-electron chi connectivity index (χ2n) is 4.26. The minimum atomic E-state index is -0.876. The number of thioether (sulfide) groups is 1. The lowest BCUT2D eigenvalue weighted by Gasteiger charge is -2.06. The number of aromatic nitrogens is 4. The van der Waals surface area contributed by atoms with Gasteiger partial charge in [0, 0.05) is 11.4 Å². The topological polar surface area (TPSA) is 115 Å². The van der Waals surface area contributed by atoms with Crippen LogP contribution in [0.4, 0.5) is 4.79 Å². The molecule has 0 aliphatic heterocycles. The summed E-state index contributed by atoms with van der Waals surface area (Å²) in [6.45, 7) is 5.41. The lowest BCUT2D eigenvalue weighted by Crippen LogP contribution is -2.39. The predicted molar refractivity (Wildman–Crippen MR) is 73.3 cm³/mol. The van der Waals surface area contributed by atoms with E-state index in [1.165, 1.54) is 0 Å². The van der Waals surface area contributed by atoms with Gasteiger partial charge in [0.15, 0.2) is 0 Å². The fourth-order valence-corrected chi connectivity index (χ4v) is 2.38. The van der Waals surface area contributed by atoms with Crippen LogP contribution in [0.2, 0.25) is 0 Å². The Balaban J connectivity index is 2.20. The second-order valence-corrected chi connectivity index (χ2v) is 5.57. The molecule has 0 aliphatic carbocycles. The summed E-state index contributed by atoms with van der Waals surface area (Å²) in [5, 5.41) is 6.16. The molecule has 9 heteroatoms. The molecule has 3 amide bonds. The predicted octanol–water partition coefficient (Wildman–Crippen LogP) is 0.417. The maximum Gasteiger partial charge on any atom is 0.318 e. The smallest absolute Gasteiger partial charge is 0.318 e. The maximum atomic E-state index is 11.6. The SMILES string of the molecule is Cc1cc(C)n2nc(S[C@@H](C)C(=O)NC(N)=O)nc2n1. The van der Waals surface area contributed by atoms with E-state index in [0.717, 1.165) is 23.1 Å². The lowest BCUT2D eigenvalue weighted by molar-refractivity contribution is -0.119. The third-order valence-electron chi connectivity index (χ3n) is 2.50. The molecule has 0 aliphatic rings. The van der Waals surface area contributed by atoms with Crippen LogP contribution in [0, 0.1) is 13.8 Å².